The van der Waals surface area contributed by atoms with E-state index in [-0.39, 0.29) is 23.1 Å². The number of rotatable bonds is 5. The molecule has 0 saturated carbocycles. The normalized spacial score (nSPS) is 12.1. The van der Waals surface area contributed by atoms with E-state index in [1.807, 2.05) is 13.8 Å². The highest BCUT2D eigenvalue weighted by molar-refractivity contribution is 5.97. The van der Waals surface area contributed by atoms with E-state index in [2.05, 4.69) is 10.6 Å². The molecule has 1 atom stereocenters. The van der Waals surface area contributed by atoms with Gasteiger partial charge in [0.2, 0.25) is 5.91 Å². The second kappa shape index (κ2) is 6.88. The number of carbonyl (C=O) groups excluding carboxylic acids is 2. The van der Waals surface area contributed by atoms with Gasteiger partial charge in [0, 0.05) is 12.7 Å². The van der Waals surface area contributed by atoms with Gasteiger partial charge in [0.25, 0.3) is 5.91 Å². The summed E-state index contributed by atoms with van der Waals surface area (Å²) in [5, 5.41) is 5.03. The zero-order valence-electron chi connectivity index (χ0n) is 11.9. The van der Waals surface area contributed by atoms with Gasteiger partial charge in [-0.2, -0.15) is 0 Å². The van der Waals surface area contributed by atoms with Crippen molar-refractivity contribution in [2.24, 2.45) is 5.92 Å². The van der Waals surface area contributed by atoms with Crippen molar-refractivity contribution in [3.8, 4) is 0 Å². The van der Waals surface area contributed by atoms with Crippen molar-refractivity contribution >= 4 is 17.5 Å². The quantitative estimate of drug-likeness (QED) is 0.711. The Morgan fingerprint density at radius 2 is 2.00 bits per heavy atom. The number of benzene rings is 1. The van der Waals surface area contributed by atoms with Crippen LogP contribution >= 0.6 is 0 Å². The van der Waals surface area contributed by atoms with Crippen LogP contribution in [0, 0.1) is 11.7 Å². The molecule has 1 aromatic rings. The minimum Gasteiger partial charge on any atom is -0.399 e. The predicted octanol–water partition coefficient (Wildman–Crippen LogP) is 1.30. The van der Waals surface area contributed by atoms with Crippen LogP contribution in [0.25, 0.3) is 0 Å². The topological polar surface area (TPSA) is 84.2 Å². The van der Waals surface area contributed by atoms with Crippen LogP contribution in [-0.4, -0.2) is 24.9 Å². The van der Waals surface area contributed by atoms with E-state index in [0.717, 1.165) is 6.07 Å². The number of nitrogen functional groups attached to an aromatic ring is 1. The third-order valence-electron chi connectivity index (χ3n) is 2.81. The first-order valence-electron chi connectivity index (χ1n) is 6.42. The molecule has 0 heterocycles. The highest BCUT2D eigenvalue weighted by atomic mass is 19.1. The van der Waals surface area contributed by atoms with Gasteiger partial charge in [-0.3, -0.25) is 9.59 Å². The first kappa shape index (κ1) is 15.9. The second-order valence-electron chi connectivity index (χ2n) is 5.01. The maximum atomic E-state index is 13.7. The van der Waals surface area contributed by atoms with E-state index in [9.17, 15) is 14.0 Å². The Morgan fingerprint density at radius 3 is 2.50 bits per heavy atom. The largest absolute Gasteiger partial charge is 0.399 e. The Labute approximate surface area is 117 Å². The summed E-state index contributed by atoms with van der Waals surface area (Å²) >= 11 is 0. The Bertz CT molecular complexity index is 503. The Balaban J connectivity index is 2.87. The number of hydrogen-bond acceptors (Lipinski definition) is 3. The fourth-order valence-corrected chi connectivity index (χ4v) is 1.83. The molecule has 2 amide bonds. The highest BCUT2D eigenvalue weighted by Crippen LogP contribution is 2.13. The van der Waals surface area contributed by atoms with Crippen LogP contribution in [0.3, 0.4) is 0 Å². The van der Waals surface area contributed by atoms with Crippen molar-refractivity contribution in [2.45, 2.75) is 26.3 Å². The molecular formula is C14H20FN3O2. The van der Waals surface area contributed by atoms with Gasteiger partial charge in [0.15, 0.2) is 0 Å². The summed E-state index contributed by atoms with van der Waals surface area (Å²) in [5.41, 5.74) is 5.54. The van der Waals surface area contributed by atoms with Crippen LogP contribution in [-0.2, 0) is 4.79 Å². The summed E-state index contributed by atoms with van der Waals surface area (Å²) in [5.74, 6) is -1.42. The first-order chi connectivity index (χ1) is 9.35. The van der Waals surface area contributed by atoms with E-state index in [1.54, 1.807) is 0 Å². The van der Waals surface area contributed by atoms with Crippen LogP contribution in [0.4, 0.5) is 10.1 Å². The van der Waals surface area contributed by atoms with E-state index < -0.39 is 17.8 Å². The third-order valence-corrected chi connectivity index (χ3v) is 2.81. The van der Waals surface area contributed by atoms with E-state index >= 15 is 0 Å². The molecule has 20 heavy (non-hydrogen) atoms. The molecule has 0 spiro atoms. The molecule has 0 radical (unpaired) electrons. The number of amides is 2. The third kappa shape index (κ3) is 4.22. The van der Waals surface area contributed by atoms with Crippen LogP contribution in [0.5, 0.6) is 0 Å². The number of hydrogen-bond donors (Lipinski definition) is 3. The van der Waals surface area contributed by atoms with Crippen LogP contribution < -0.4 is 16.4 Å². The van der Waals surface area contributed by atoms with Crippen molar-refractivity contribution < 1.29 is 14.0 Å². The molecule has 0 bridgehead atoms. The average molecular weight is 281 g/mol. The van der Waals surface area contributed by atoms with E-state index in [0.29, 0.717) is 6.42 Å². The molecule has 110 valence electrons. The van der Waals surface area contributed by atoms with Gasteiger partial charge in [0.1, 0.15) is 11.9 Å². The maximum Gasteiger partial charge on any atom is 0.254 e. The number of halogens is 1. The Hall–Kier alpha value is -2.11. The molecule has 5 nitrogen and oxygen atoms in total. The summed E-state index contributed by atoms with van der Waals surface area (Å²) in [6.45, 7) is 3.87. The number of nitrogens with two attached hydrogens (primary N) is 1. The summed E-state index contributed by atoms with van der Waals surface area (Å²) in [6, 6.07) is 3.13. The zero-order valence-corrected chi connectivity index (χ0v) is 11.9. The van der Waals surface area contributed by atoms with Gasteiger partial charge in [-0.25, -0.2) is 4.39 Å². The molecule has 0 saturated heterocycles. The first-order valence-corrected chi connectivity index (χ1v) is 6.42. The highest BCUT2D eigenvalue weighted by Gasteiger charge is 2.22. The lowest BCUT2D eigenvalue weighted by molar-refractivity contribution is -0.122. The van der Waals surface area contributed by atoms with Crippen molar-refractivity contribution in [3.05, 3.63) is 29.6 Å². The van der Waals surface area contributed by atoms with Gasteiger partial charge in [-0.15, -0.1) is 0 Å². The lowest BCUT2D eigenvalue weighted by Crippen LogP contribution is -2.46. The summed E-state index contributed by atoms with van der Waals surface area (Å²) in [6.07, 6.45) is 0.474. The summed E-state index contributed by atoms with van der Waals surface area (Å²) in [7, 11) is 1.49. The molecule has 0 aromatic heterocycles. The fourth-order valence-electron chi connectivity index (χ4n) is 1.83. The molecule has 4 N–H and O–H groups in total. The fraction of sp³-hybridized carbons (Fsp3) is 0.429. The number of anilines is 1. The van der Waals surface area contributed by atoms with Gasteiger partial charge < -0.3 is 16.4 Å². The Morgan fingerprint density at radius 1 is 1.35 bits per heavy atom. The van der Waals surface area contributed by atoms with E-state index in [4.69, 9.17) is 5.73 Å². The maximum absolute atomic E-state index is 13.7. The lowest BCUT2D eigenvalue weighted by Gasteiger charge is -2.19. The van der Waals surface area contributed by atoms with Crippen molar-refractivity contribution in [1.29, 1.82) is 0 Å². The van der Waals surface area contributed by atoms with Crippen molar-refractivity contribution in [3.63, 3.8) is 0 Å². The number of carbonyl (C=O) groups is 2. The van der Waals surface area contributed by atoms with Crippen LogP contribution in [0.2, 0.25) is 0 Å². The lowest BCUT2D eigenvalue weighted by atomic mass is 10.0. The smallest absolute Gasteiger partial charge is 0.254 e. The van der Waals surface area contributed by atoms with E-state index in [1.165, 1.54) is 19.2 Å². The second-order valence-corrected chi connectivity index (χ2v) is 5.01. The molecule has 1 rings (SSSR count). The monoisotopic (exact) mass is 281 g/mol. The van der Waals surface area contributed by atoms with Crippen molar-refractivity contribution in [1.82, 2.24) is 10.6 Å². The minimum atomic E-state index is -0.706. The van der Waals surface area contributed by atoms with Gasteiger partial charge in [-0.05, 0) is 30.5 Å². The SMILES string of the molecule is CNC(=O)C(CC(C)C)NC(=O)c1ccc(N)cc1F. The minimum absolute atomic E-state index is 0.128. The van der Waals surface area contributed by atoms with Crippen LogP contribution in [0.15, 0.2) is 18.2 Å². The molecule has 1 unspecified atom stereocenters. The average Bonchev–Trinajstić information content (AvgIpc) is 2.36. The summed E-state index contributed by atoms with van der Waals surface area (Å²) in [4.78, 5) is 23.7. The molecule has 0 aliphatic heterocycles. The standard InChI is InChI=1S/C14H20FN3O2/c1-8(2)6-12(14(20)17-3)18-13(19)10-5-4-9(16)7-11(10)15/h4-5,7-8,12H,6,16H2,1-3H3,(H,17,20)(H,18,19). The number of likely N-dealkylation sites (N-methyl/N-ethyl adjacent to an activating group) is 1. The molecule has 0 fully saturated rings. The molecule has 0 aliphatic rings. The zero-order chi connectivity index (χ0) is 15.3. The van der Waals surface area contributed by atoms with Gasteiger partial charge in [0.05, 0.1) is 5.56 Å². The summed E-state index contributed by atoms with van der Waals surface area (Å²) < 4.78 is 13.7. The molecule has 0 aliphatic carbocycles. The Kier molecular flexibility index (Phi) is 5.49. The number of nitrogens with one attached hydrogen (secondary N) is 2. The molecule has 1 aromatic carbocycles. The predicted molar refractivity (Wildman–Crippen MR) is 75.6 cm³/mol. The van der Waals surface area contributed by atoms with Crippen LogP contribution in [0.1, 0.15) is 30.6 Å². The van der Waals surface area contributed by atoms with Gasteiger partial charge in [-0.1, -0.05) is 13.8 Å². The van der Waals surface area contributed by atoms with Gasteiger partial charge >= 0.3 is 0 Å². The molecule has 6 heteroatoms. The molecular weight excluding hydrogens is 261 g/mol. The van der Waals surface area contributed by atoms with Crippen molar-refractivity contribution in [2.75, 3.05) is 12.8 Å².